The molecule has 1 fully saturated rings. The second-order valence-electron chi connectivity index (χ2n) is 4.03. The number of carbonyl (C=O) groups excluding carboxylic acids is 1. The molecule has 4 heteroatoms. The normalized spacial score (nSPS) is 14.9. The van der Waals surface area contributed by atoms with Gasteiger partial charge in [-0.1, -0.05) is 12.1 Å². The summed E-state index contributed by atoms with van der Waals surface area (Å²) in [5, 5.41) is 2.71. The van der Waals surface area contributed by atoms with Gasteiger partial charge >= 0.3 is 0 Å². The van der Waals surface area contributed by atoms with Crippen molar-refractivity contribution in [2.45, 2.75) is 19.3 Å². The number of hydrogen-bond donors (Lipinski definition) is 1. The molecule has 2 rings (SSSR count). The molecule has 0 spiro atoms. The van der Waals surface area contributed by atoms with Gasteiger partial charge in [-0.25, -0.2) is 8.78 Å². The molecule has 0 saturated heterocycles. The minimum Gasteiger partial charge on any atom is -0.356 e. The van der Waals surface area contributed by atoms with Crippen LogP contribution in [0.25, 0.3) is 0 Å². The van der Waals surface area contributed by atoms with Crippen LogP contribution in [0.4, 0.5) is 8.78 Å². The predicted octanol–water partition coefficient (Wildman–Crippen LogP) is 2.03. The molecule has 1 aromatic rings. The summed E-state index contributed by atoms with van der Waals surface area (Å²) in [7, 11) is 0. The van der Waals surface area contributed by atoms with E-state index in [4.69, 9.17) is 0 Å². The number of hydrogen-bond acceptors (Lipinski definition) is 1. The minimum absolute atomic E-state index is 0.0248. The number of rotatable bonds is 4. The minimum atomic E-state index is -0.842. The largest absolute Gasteiger partial charge is 0.356 e. The molecule has 16 heavy (non-hydrogen) atoms. The Morgan fingerprint density at radius 3 is 2.81 bits per heavy atom. The lowest BCUT2D eigenvalue weighted by molar-refractivity contribution is -0.122. The molecule has 0 aromatic heterocycles. The van der Waals surface area contributed by atoms with Gasteiger partial charge in [0, 0.05) is 12.5 Å². The highest BCUT2D eigenvalue weighted by Crippen LogP contribution is 2.28. The van der Waals surface area contributed by atoms with Crippen LogP contribution >= 0.6 is 0 Å². The maximum Gasteiger partial charge on any atom is 0.223 e. The lowest BCUT2D eigenvalue weighted by Crippen LogP contribution is -2.27. The van der Waals surface area contributed by atoms with Crippen molar-refractivity contribution >= 4 is 5.91 Å². The fraction of sp³-hybridized carbons (Fsp3) is 0.417. The van der Waals surface area contributed by atoms with Crippen molar-refractivity contribution in [3.8, 4) is 0 Å². The molecule has 0 atom stereocenters. The predicted molar refractivity (Wildman–Crippen MR) is 55.8 cm³/mol. The quantitative estimate of drug-likeness (QED) is 0.834. The topological polar surface area (TPSA) is 29.1 Å². The fourth-order valence-corrected chi connectivity index (χ4v) is 1.55. The maximum absolute atomic E-state index is 13.2. The molecular formula is C12H13F2NO. The molecule has 0 heterocycles. The Balaban J connectivity index is 1.84. The molecule has 1 N–H and O–H groups in total. The first-order valence-corrected chi connectivity index (χ1v) is 5.39. The van der Waals surface area contributed by atoms with Gasteiger partial charge in [0.15, 0.2) is 11.6 Å². The summed E-state index contributed by atoms with van der Waals surface area (Å²) < 4.78 is 26.1. The van der Waals surface area contributed by atoms with E-state index in [0.717, 1.165) is 18.9 Å². The third-order valence-electron chi connectivity index (χ3n) is 2.67. The third-order valence-corrected chi connectivity index (χ3v) is 2.67. The molecule has 0 bridgehead atoms. The highest BCUT2D eigenvalue weighted by Gasteiger charge is 2.29. The Labute approximate surface area is 92.7 Å². The van der Waals surface area contributed by atoms with Crippen LogP contribution < -0.4 is 5.32 Å². The van der Waals surface area contributed by atoms with Crippen LogP contribution in [0.1, 0.15) is 18.4 Å². The van der Waals surface area contributed by atoms with Gasteiger partial charge in [-0.3, -0.25) is 4.79 Å². The molecule has 0 unspecified atom stereocenters. The van der Waals surface area contributed by atoms with Crippen molar-refractivity contribution in [2.75, 3.05) is 6.54 Å². The summed E-state index contributed by atoms with van der Waals surface area (Å²) in [6.07, 6.45) is 2.21. The van der Waals surface area contributed by atoms with Crippen molar-refractivity contribution in [1.82, 2.24) is 5.32 Å². The summed E-state index contributed by atoms with van der Waals surface area (Å²) in [5.74, 6) is -1.48. The zero-order valence-corrected chi connectivity index (χ0v) is 8.80. The van der Waals surface area contributed by atoms with E-state index in [2.05, 4.69) is 5.32 Å². The van der Waals surface area contributed by atoms with Crippen molar-refractivity contribution in [1.29, 1.82) is 0 Å². The smallest absolute Gasteiger partial charge is 0.223 e. The molecular weight excluding hydrogens is 212 g/mol. The lowest BCUT2D eigenvalue weighted by atomic mass is 10.1. The van der Waals surface area contributed by atoms with E-state index in [-0.39, 0.29) is 11.8 Å². The molecule has 1 aliphatic carbocycles. The van der Waals surface area contributed by atoms with Crippen LogP contribution in [-0.4, -0.2) is 12.5 Å². The highest BCUT2D eigenvalue weighted by molar-refractivity contribution is 5.80. The van der Waals surface area contributed by atoms with E-state index in [1.807, 2.05) is 0 Å². The second-order valence-corrected chi connectivity index (χ2v) is 4.03. The molecule has 2 nitrogen and oxygen atoms in total. The molecule has 1 aliphatic rings. The summed E-state index contributed by atoms with van der Waals surface area (Å²) >= 11 is 0. The van der Waals surface area contributed by atoms with E-state index < -0.39 is 11.6 Å². The highest BCUT2D eigenvalue weighted by atomic mass is 19.2. The Bertz CT molecular complexity index is 402. The van der Waals surface area contributed by atoms with E-state index >= 15 is 0 Å². The number of carbonyl (C=O) groups is 1. The van der Waals surface area contributed by atoms with Gasteiger partial charge in [-0.05, 0) is 30.9 Å². The number of benzene rings is 1. The Kier molecular flexibility index (Phi) is 3.17. The summed E-state index contributed by atoms with van der Waals surface area (Å²) in [6.45, 7) is 0.357. The van der Waals surface area contributed by atoms with Gasteiger partial charge in [-0.15, -0.1) is 0 Å². The molecule has 0 aliphatic heterocycles. The molecule has 0 radical (unpaired) electrons. The fourth-order valence-electron chi connectivity index (χ4n) is 1.55. The monoisotopic (exact) mass is 225 g/mol. The average Bonchev–Trinajstić information content (AvgIpc) is 3.07. The van der Waals surface area contributed by atoms with Crippen LogP contribution in [-0.2, 0) is 11.2 Å². The van der Waals surface area contributed by atoms with Crippen LogP contribution in [0.3, 0.4) is 0 Å². The van der Waals surface area contributed by atoms with Crippen molar-refractivity contribution in [2.24, 2.45) is 5.92 Å². The van der Waals surface area contributed by atoms with Crippen molar-refractivity contribution in [3.05, 3.63) is 35.4 Å². The van der Waals surface area contributed by atoms with Gasteiger partial charge in [-0.2, -0.15) is 0 Å². The maximum atomic E-state index is 13.2. The Morgan fingerprint density at radius 2 is 2.12 bits per heavy atom. The zero-order chi connectivity index (χ0) is 11.5. The number of nitrogens with one attached hydrogen (secondary N) is 1. The Morgan fingerprint density at radius 1 is 1.38 bits per heavy atom. The first kappa shape index (κ1) is 11.0. The molecule has 1 amide bonds. The average molecular weight is 225 g/mol. The number of amides is 1. The van der Waals surface area contributed by atoms with Crippen molar-refractivity contribution in [3.63, 3.8) is 0 Å². The van der Waals surface area contributed by atoms with E-state index in [1.165, 1.54) is 12.1 Å². The van der Waals surface area contributed by atoms with E-state index in [0.29, 0.717) is 18.5 Å². The zero-order valence-electron chi connectivity index (χ0n) is 8.80. The number of halogens is 2. The van der Waals surface area contributed by atoms with Crippen LogP contribution in [0, 0.1) is 17.6 Å². The summed E-state index contributed by atoms with van der Waals surface area (Å²) in [6, 6.07) is 4.08. The first-order chi connectivity index (χ1) is 7.68. The molecule has 1 saturated carbocycles. The van der Waals surface area contributed by atoms with Crippen LogP contribution in [0.15, 0.2) is 18.2 Å². The standard InChI is InChI=1S/C12H13F2NO/c13-10-3-1-2-8(11(10)14)6-7-15-12(16)9-4-5-9/h1-3,9H,4-7H2,(H,15,16). The van der Waals surface area contributed by atoms with Gasteiger partial charge in [0.1, 0.15) is 0 Å². The lowest BCUT2D eigenvalue weighted by Gasteiger charge is -2.05. The van der Waals surface area contributed by atoms with E-state index in [9.17, 15) is 13.6 Å². The molecule has 1 aromatic carbocycles. The van der Waals surface area contributed by atoms with Crippen LogP contribution in [0.2, 0.25) is 0 Å². The first-order valence-electron chi connectivity index (χ1n) is 5.39. The SMILES string of the molecule is O=C(NCCc1cccc(F)c1F)C1CC1. The van der Waals surface area contributed by atoms with Gasteiger partial charge in [0.05, 0.1) is 0 Å². The van der Waals surface area contributed by atoms with Crippen molar-refractivity contribution < 1.29 is 13.6 Å². The van der Waals surface area contributed by atoms with Gasteiger partial charge in [0.2, 0.25) is 5.91 Å². The van der Waals surface area contributed by atoms with Gasteiger partial charge < -0.3 is 5.32 Å². The van der Waals surface area contributed by atoms with Gasteiger partial charge in [0.25, 0.3) is 0 Å². The van der Waals surface area contributed by atoms with E-state index in [1.54, 1.807) is 0 Å². The summed E-state index contributed by atoms with van der Waals surface area (Å²) in [5.41, 5.74) is 0.302. The Hall–Kier alpha value is -1.45. The van der Waals surface area contributed by atoms with Crippen LogP contribution in [0.5, 0.6) is 0 Å². The second kappa shape index (κ2) is 4.60. The molecule has 86 valence electrons. The summed E-state index contributed by atoms with van der Waals surface area (Å²) in [4.78, 5) is 11.3. The third kappa shape index (κ3) is 2.56.